The van der Waals surface area contributed by atoms with Gasteiger partial charge in [0.2, 0.25) is 0 Å². The lowest BCUT2D eigenvalue weighted by molar-refractivity contribution is 0.175. The normalized spacial score (nSPS) is 33.0. The van der Waals surface area contributed by atoms with Gasteiger partial charge in [-0.25, -0.2) is 0 Å². The van der Waals surface area contributed by atoms with E-state index >= 15 is 0 Å². The molecule has 0 aromatic heterocycles. The summed E-state index contributed by atoms with van der Waals surface area (Å²) in [7, 11) is 0. The van der Waals surface area contributed by atoms with E-state index in [1.807, 2.05) is 0 Å². The Hall–Kier alpha value is -0.0800. The van der Waals surface area contributed by atoms with E-state index in [2.05, 4.69) is 19.2 Å². The first-order valence-corrected chi connectivity index (χ1v) is 4.63. The molecule has 11 heavy (non-hydrogen) atoms. The third kappa shape index (κ3) is 2.46. The van der Waals surface area contributed by atoms with Crippen LogP contribution in [0.4, 0.5) is 0 Å². The molecule has 2 heteroatoms. The van der Waals surface area contributed by atoms with E-state index in [9.17, 15) is 0 Å². The fourth-order valence-corrected chi connectivity index (χ4v) is 1.67. The molecular weight excluding hydrogens is 138 g/mol. The molecule has 0 aliphatic heterocycles. The van der Waals surface area contributed by atoms with Crippen molar-refractivity contribution in [3.63, 3.8) is 0 Å². The summed E-state index contributed by atoms with van der Waals surface area (Å²) in [4.78, 5) is 0. The summed E-state index contributed by atoms with van der Waals surface area (Å²) >= 11 is 0. The maximum atomic E-state index is 8.90. The summed E-state index contributed by atoms with van der Waals surface area (Å²) in [6.45, 7) is 4.66. The molecule has 1 fully saturated rings. The van der Waals surface area contributed by atoms with Crippen molar-refractivity contribution in [1.29, 1.82) is 0 Å². The third-order valence-electron chi connectivity index (χ3n) is 2.56. The van der Waals surface area contributed by atoms with E-state index in [4.69, 9.17) is 5.11 Å². The SMILES string of the molecule is CC[C@@H](CO)NC1CC(C)C1. The van der Waals surface area contributed by atoms with Gasteiger partial charge in [-0.3, -0.25) is 0 Å². The van der Waals surface area contributed by atoms with Gasteiger partial charge in [0.1, 0.15) is 0 Å². The minimum Gasteiger partial charge on any atom is -0.395 e. The van der Waals surface area contributed by atoms with Crippen LogP contribution < -0.4 is 5.32 Å². The van der Waals surface area contributed by atoms with Gasteiger partial charge in [-0.1, -0.05) is 13.8 Å². The zero-order valence-electron chi connectivity index (χ0n) is 7.51. The van der Waals surface area contributed by atoms with Crippen LogP contribution in [0.1, 0.15) is 33.1 Å². The van der Waals surface area contributed by atoms with Gasteiger partial charge in [0.25, 0.3) is 0 Å². The quantitative estimate of drug-likeness (QED) is 0.641. The molecule has 1 atom stereocenters. The van der Waals surface area contributed by atoms with Crippen molar-refractivity contribution in [3.8, 4) is 0 Å². The number of hydrogen-bond acceptors (Lipinski definition) is 2. The summed E-state index contributed by atoms with van der Waals surface area (Å²) in [5.74, 6) is 0.892. The summed E-state index contributed by atoms with van der Waals surface area (Å²) in [5.41, 5.74) is 0. The van der Waals surface area contributed by atoms with Crippen LogP contribution in [-0.4, -0.2) is 23.8 Å². The molecule has 0 aromatic carbocycles. The lowest BCUT2D eigenvalue weighted by Crippen LogP contribution is -2.46. The maximum Gasteiger partial charge on any atom is 0.0584 e. The predicted octanol–water partition coefficient (Wildman–Crippen LogP) is 1.15. The fraction of sp³-hybridized carbons (Fsp3) is 1.00. The van der Waals surface area contributed by atoms with Crippen LogP contribution in [0.3, 0.4) is 0 Å². The second-order valence-corrected chi connectivity index (χ2v) is 3.73. The molecule has 0 aromatic rings. The zero-order valence-corrected chi connectivity index (χ0v) is 7.51. The van der Waals surface area contributed by atoms with Crippen molar-refractivity contribution in [3.05, 3.63) is 0 Å². The molecule has 66 valence electrons. The molecule has 1 rings (SSSR count). The van der Waals surface area contributed by atoms with Crippen LogP contribution in [0.5, 0.6) is 0 Å². The van der Waals surface area contributed by atoms with Gasteiger partial charge in [-0.05, 0) is 25.2 Å². The van der Waals surface area contributed by atoms with E-state index in [-0.39, 0.29) is 6.61 Å². The number of hydrogen-bond donors (Lipinski definition) is 2. The van der Waals surface area contributed by atoms with Gasteiger partial charge in [-0.2, -0.15) is 0 Å². The average molecular weight is 157 g/mol. The number of nitrogens with one attached hydrogen (secondary N) is 1. The summed E-state index contributed by atoms with van der Waals surface area (Å²) < 4.78 is 0. The van der Waals surface area contributed by atoms with E-state index in [1.54, 1.807) is 0 Å². The molecular formula is C9H19NO. The molecule has 0 heterocycles. The summed E-state index contributed by atoms with van der Waals surface area (Å²) in [6.07, 6.45) is 3.61. The highest BCUT2D eigenvalue weighted by Crippen LogP contribution is 2.26. The van der Waals surface area contributed by atoms with Crippen molar-refractivity contribution >= 4 is 0 Å². The average Bonchev–Trinajstić information content (AvgIpc) is 1.96. The van der Waals surface area contributed by atoms with Crippen molar-refractivity contribution in [2.75, 3.05) is 6.61 Å². The van der Waals surface area contributed by atoms with E-state index in [0.29, 0.717) is 12.1 Å². The highest BCUT2D eigenvalue weighted by molar-refractivity contribution is 4.84. The van der Waals surface area contributed by atoms with Gasteiger partial charge in [-0.15, -0.1) is 0 Å². The highest BCUT2D eigenvalue weighted by Gasteiger charge is 2.26. The smallest absolute Gasteiger partial charge is 0.0584 e. The molecule has 2 N–H and O–H groups in total. The Morgan fingerprint density at radius 2 is 2.18 bits per heavy atom. The fourth-order valence-electron chi connectivity index (χ4n) is 1.67. The second-order valence-electron chi connectivity index (χ2n) is 3.73. The van der Waals surface area contributed by atoms with Gasteiger partial charge < -0.3 is 10.4 Å². The van der Waals surface area contributed by atoms with Gasteiger partial charge in [0.15, 0.2) is 0 Å². The third-order valence-corrected chi connectivity index (χ3v) is 2.56. The minimum absolute atomic E-state index is 0.279. The van der Waals surface area contributed by atoms with Crippen LogP contribution in [0.2, 0.25) is 0 Å². The first-order valence-electron chi connectivity index (χ1n) is 4.63. The lowest BCUT2D eigenvalue weighted by Gasteiger charge is -2.35. The standard InChI is InChI=1S/C9H19NO/c1-3-8(6-11)10-9-4-7(2)5-9/h7-11H,3-6H2,1-2H3/t7?,8-,9?/m0/s1. The van der Waals surface area contributed by atoms with Gasteiger partial charge in [0.05, 0.1) is 6.61 Å². The predicted molar refractivity (Wildman–Crippen MR) is 46.5 cm³/mol. The Morgan fingerprint density at radius 1 is 1.55 bits per heavy atom. The van der Waals surface area contributed by atoms with Gasteiger partial charge >= 0.3 is 0 Å². The Balaban J connectivity index is 2.09. The monoisotopic (exact) mass is 157 g/mol. The Bertz CT molecular complexity index is 106. The van der Waals surface area contributed by atoms with Crippen molar-refractivity contribution in [2.24, 2.45) is 5.92 Å². The number of aliphatic hydroxyl groups excluding tert-OH is 1. The van der Waals surface area contributed by atoms with Crippen LogP contribution in [0.15, 0.2) is 0 Å². The van der Waals surface area contributed by atoms with E-state index in [0.717, 1.165) is 12.3 Å². The summed E-state index contributed by atoms with van der Waals surface area (Å²) in [5, 5.41) is 12.3. The molecule has 1 aliphatic rings. The molecule has 1 aliphatic carbocycles. The van der Waals surface area contributed by atoms with Gasteiger partial charge in [0, 0.05) is 12.1 Å². The number of rotatable bonds is 4. The molecule has 0 saturated heterocycles. The molecule has 0 amide bonds. The Morgan fingerprint density at radius 3 is 2.55 bits per heavy atom. The Labute approximate surface area is 69.0 Å². The summed E-state index contributed by atoms with van der Waals surface area (Å²) in [6, 6.07) is 1.01. The van der Waals surface area contributed by atoms with Crippen LogP contribution in [-0.2, 0) is 0 Å². The molecule has 0 bridgehead atoms. The second kappa shape index (κ2) is 4.07. The first kappa shape index (κ1) is 9.01. The molecule has 0 radical (unpaired) electrons. The van der Waals surface area contributed by atoms with Crippen LogP contribution in [0, 0.1) is 5.92 Å². The van der Waals surface area contributed by atoms with Crippen molar-refractivity contribution in [1.82, 2.24) is 5.32 Å². The molecule has 0 unspecified atom stereocenters. The zero-order chi connectivity index (χ0) is 8.27. The minimum atomic E-state index is 0.279. The largest absolute Gasteiger partial charge is 0.395 e. The van der Waals surface area contributed by atoms with E-state index in [1.165, 1.54) is 12.8 Å². The van der Waals surface area contributed by atoms with Crippen molar-refractivity contribution in [2.45, 2.75) is 45.2 Å². The maximum absolute atomic E-state index is 8.90. The van der Waals surface area contributed by atoms with E-state index < -0.39 is 0 Å². The lowest BCUT2D eigenvalue weighted by atomic mass is 9.81. The topological polar surface area (TPSA) is 32.3 Å². The highest BCUT2D eigenvalue weighted by atomic mass is 16.3. The van der Waals surface area contributed by atoms with Crippen molar-refractivity contribution < 1.29 is 5.11 Å². The number of aliphatic hydroxyl groups is 1. The Kier molecular flexibility index (Phi) is 3.34. The first-order chi connectivity index (χ1) is 5.26. The van der Waals surface area contributed by atoms with Crippen LogP contribution in [0.25, 0.3) is 0 Å². The molecule has 2 nitrogen and oxygen atoms in total. The molecule has 0 spiro atoms. The molecule has 1 saturated carbocycles. The van der Waals surface area contributed by atoms with Crippen LogP contribution >= 0.6 is 0 Å².